The molecule has 0 spiro atoms. The van der Waals surface area contributed by atoms with Gasteiger partial charge in [-0.1, -0.05) is 6.07 Å². The molecule has 1 aliphatic rings. The maximum absolute atomic E-state index is 5.93. The van der Waals surface area contributed by atoms with Crippen molar-refractivity contribution < 1.29 is 4.42 Å². The van der Waals surface area contributed by atoms with Crippen molar-refractivity contribution in [2.45, 2.75) is 33.1 Å². The van der Waals surface area contributed by atoms with Crippen LogP contribution >= 0.6 is 0 Å². The molecule has 1 fully saturated rings. The van der Waals surface area contributed by atoms with Gasteiger partial charge in [-0.3, -0.25) is 0 Å². The second-order valence-electron chi connectivity index (χ2n) is 5.44. The number of oxazole rings is 1. The molecular weight excluding hydrogens is 224 g/mol. The lowest BCUT2D eigenvalue weighted by Crippen LogP contribution is -2.28. The van der Waals surface area contributed by atoms with E-state index >= 15 is 0 Å². The predicted molar refractivity (Wildman–Crippen MR) is 72.8 cm³/mol. The molecule has 96 valence electrons. The van der Waals surface area contributed by atoms with Gasteiger partial charge in [0.1, 0.15) is 5.52 Å². The quantitative estimate of drug-likeness (QED) is 0.882. The number of aromatic nitrogens is 1. The monoisotopic (exact) mass is 244 g/mol. The molecule has 2 heterocycles. The summed E-state index contributed by atoms with van der Waals surface area (Å²) in [5.74, 6) is 1.63. The molecule has 0 unspecified atom stereocenters. The normalized spacial score (nSPS) is 17.4. The molecule has 1 N–H and O–H groups in total. The maximum atomic E-state index is 5.93. The Kier molecular flexibility index (Phi) is 3.08. The summed E-state index contributed by atoms with van der Waals surface area (Å²) >= 11 is 0. The fraction of sp³-hybridized carbons (Fsp3) is 0.533. The summed E-state index contributed by atoms with van der Waals surface area (Å²) in [7, 11) is 0. The molecule has 0 bridgehead atoms. The molecular formula is C15H20N2O. The molecule has 1 aromatic heterocycles. The molecule has 3 nitrogen and oxygen atoms in total. The maximum Gasteiger partial charge on any atom is 0.195 e. The predicted octanol–water partition coefficient (Wildman–Crippen LogP) is 2.99. The van der Waals surface area contributed by atoms with Crippen molar-refractivity contribution in [2.75, 3.05) is 13.1 Å². The lowest BCUT2D eigenvalue weighted by molar-refractivity contribution is 0.346. The molecule has 2 aromatic rings. The second-order valence-corrected chi connectivity index (χ2v) is 5.44. The van der Waals surface area contributed by atoms with E-state index in [0.717, 1.165) is 42.4 Å². The zero-order valence-electron chi connectivity index (χ0n) is 11.1. The van der Waals surface area contributed by atoms with Gasteiger partial charge in [0, 0.05) is 6.42 Å². The Balaban J connectivity index is 1.86. The number of benzene rings is 1. The van der Waals surface area contributed by atoms with Gasteiger partial charge in [-0.25, -0.2) is 4.98 Å². The first-order chi connectivity index (χ1) is 8.72. The van der Waals surface area contributed by atoms with Crippen LogP contribution in [0.2, 0.25) is 0 Å². The highest BCUT2D eigenvalue weighted by atomic mass is 16.3. The lowest BCUT2D eigenvalue weighted by Gasteiger charge is -2.20. The average molecular weight is 244 g/mol. The van der Waals surface area contributed by atoms with Crippen molar-refractivity contribution in [3.63, 3.8) is 0 Å². The largest absolute Gasteiger partial charge is 0.440 e. The van der Waals surface area contributed by atoms with E-state index in [1.54, 1.807) is 0 Å². The Morgan fingerprint density at radius 1 is 1.28 bits per heavy atom. The topological polar surface area (TPSA) is 38.1 Å². The van der Waals surface area contributed by atoms with Crippen LogP contribution in [0, 0.1) is 19.8 Å². The van der Waals surface area contributed by atoms with Crippen LogP contribution in [-0.2, 0) is 6.42 Å². The van der Waals surface area contributed by atoms with Crippen molar-refractivity contribution in [2.24, 2.45) is 5.92 Å². The van der Waals surface area contributed by atoms with Gasteiger partial charge in [0.2, 0.25) is 0 Å². The van der Waals surface area contributed by atoms with E-state index in [-0.39, 0.29) is 0 Å². The first-order valence-corrected chi connectivity index (χ1v) is 6.80. The average Bonchev–Trinajstić information content (AvgIpc) is 2.73. The number of rotatable bonds is 2. The molecule has 1 aromatic carbocycles. The fourth-order valence-corrected chi connectivity index (χ4v) is 2.84. The van der Waals surface area contributed by atoms with Gasteiger partial charge in [-0.2, -0.15) is 0 Å². The number of hydrogen-bond acceptors (Lipinski definition) is 3. The van der Waals surface area contributed by atoms with Gasteiger partial charge in [0.25, 0.3) is 0 Å². The Hall–Kier alpha value is -1.35. The van der Waals surface area contributed by atoms with E-state index in [0.29, 0.717) is 0 Å². The standard InChI is InChI=1S/C15H20N2O/c1-10-7-11(2)15-13(8-10)17-14(18-15)9-12-3-5-16-6-4-12/h7-8,12,16H,3-6,9H2,1-2H3. The molecule has 1 aliphatic heterocycles. The molecule has 18 heavy (non-hydrogen) atoms. The summed E-state index contributed by atoms with van der Waals surface area (Å²) in [4.78, 5) is 4.64. The summed E-state index contributed by atoms with van der Waals surface area (Å²) in [5, 5.41) is 3.39. The van der Waals surface area contributed by atoms with E-state index in [1.165, 1.54) is 24.0 Å². The summed E-state index contributed by atoms with van der Waals surface area (Å²) < 4.78 is 5.93. The third kappa shape index (κ3) is 2.27. The van der Waals surface area contributed by atoms with Gasteiger partial charge in [0.05, 0.1) is 0 Å². The second kappa shape index (κ2) is 4.73. The highest BCUT2D eigenvalue weighted by Gasteiger charge is 2.17. The van der Waals surface area contributed by atoms with Crippen molar-refractivity contribution in [1.29, 1.82) is 0 Å². The molecule has 0 aliphatic carbocycles. The van der Waals surface area contributed by atoms with Crippen molar-refractivity contribution >= 4 is 11.1 Å². The zero-order chi connectivity index (χ0) is 12.5. The number of hydrogen-bond donors (Lipinski definition) is 1. The van der Waals surface area contributed by atoms with Gasteiger partial charge in [-0.05, 0) is 62.9 Å². The van der Waals surface area contributed by atoms with Crippen molar-refractivity contribution in [3.8, 4) is 0 Å². The molecule has 3 rings (SSSR count). The Morgan fingerprint density at radius 3 is 2.83 bits per heavy atom. The van der Waals surface area contributed by atoms with E-state index < -0.39 is 0 Å². The highest BCUT2D eigenvalue weighted by molar-refractivity contribution is 5.77. The van der Waals surface area contributed by atoms with E-state index in [1.807, 2.05) is 0 Å². The van der Waals surface area contributed by atoms with Crippen LogP contribution in [0.15, 0.2) is 16.5 Å². The van der Waals surface area contributed by atoms with E-state index in [4.69, 9.17) is 4.42 Å². The van der Waals surface area contributed by atoms with Gasteiger partial charge in [0.15, 0.2) is 11.5 Å². The Morgan fingerprint density at radius 2 is 2.06 bits per heavy atom. The smallest absolute Gasteiger partial charge is 0.195 e. The molecule has 1 saturated heterocycles. The summed E-state index contributed by atoms with van der Waals surface area (Å²) in [6.07, 6.45) is 3.45. The molecule has 0 amide bonds. The zero-order valence-corrected chi connectivity index (χ0v) is 11.1. The van der Waals surface area contributed by atoms with Crippen molar-refractivity contribution in [3.05, 3.63) is 29.2 Å². The number of nitrogens with one attached hydrogen (secondary N) is 1. The van der Waals surface area contributed by atoms with Crippen LogP contribution < -0.4 is 5.32 Å². The van der Waals surface area contributed by atoms with Gasteiger partial charge in [-0.15, -0.1) is 0 Å². The van der Waals surface area contributed by atoms with Crippen LogP contribution in [-0.4, -0.2) is 18.1 Å². The summed E-state index contributed by atoms with van der Waals surface area (Å²) in [6.45, 7) is 6.45. The minimum Gasteiger partial charge on any atom is -0.440 e. The number of fused-ring (bicyclic) bond motifs is 1. The Labute approximate surface area is 108 Å². The Bertz CT molecular complexity index is 553. The number of aryl methyl sites for hydroxylation is 2. The SMILES string of the molecule is Cc1cc(C)c2oc(CC3CCNCC3)nc2c1. The molecule has 0 saturated carbocycles. The first kappa shape index (κ1) is 11.7. The highest BCUT2D eigenvalue weighted by Crippen LogP contribution is 2.24. The lowest BCUT2D eigenvalue weighted by atomic mass is 9.95. The minimum absolute atomic E-state index is 0.723. The van der Waals surface area contributed by atoms with Crippen LogP contribution in [0.5, 0.6) is 0 Å². The number of nitrogens with zero attached hydrogens (tertiary/aromatic N) is 1. The third-order valence-corrected chi connectivity index (χ3v) is 3.79. The summed E-state index contributed by atoms with van der Waals surface area (Å²) in [5.41, 5.74) is 4.41. The van der Waals surface area contributed by atoms with Crippen LogP contribution in [0.25, 0.3) is 11.1 Å². The fourth-order valence-electron chi connectivity index (χ4n) is 2.84. The van der Waals surface area contributed by atoms with Gasteiger partial charge >= 0.3 is 0 Å². The van der Waals surface area contributed by atoms with Gasteiger partial charge < -0.3 is 9.73 Å². The van der Waals surface area contributed by atoms with Crippen LogP contribution in [0.4, 0.5) is 0 Å². The van der Waals surface area contributed by atoms with Crippen LogP contribution in [0.1, 0.15) is 29.9 Å². The van der Waals surface area contributed by atoms with Crippen molar-refractivity contribution in [1.82, 2.24) is 10.3 Å². The molecule has 3 heteroatoms. The first-order valence-electron chi connectivity index (χ1n) is 6.80. The number of piperidine rings is 1. The molecule has 0 radical (unpaired) electrons. The van der Waals surface area contributed by atoms with E-state index in [9.17, 15) is 0 Å². The third-order valence-electron chi connectivity index (χ3n) is 3.79. The van der Waals surface area contributed by atoms with E-state index in [2.05, 4.69) is 36.3 Å². The van der Waals surface area contributed by atoms with Crippen LogP contribution in [0.3, 0.4) is 0 Å². The summed E-state index contributed by atoms with van der Waals surface area (Å²) in [6, 6.07) is 4.26. The molecule has 0 atom stereocenters. The minimum atomic E-state index is 0.723.